The van der Waals surface area contributed by atoms with Crippen molar-refractivity contribution in [3.05, 3.63) is 70.3 Å². The fourth-order valence-corrected chi connectivity index (χ4v) is 2.83. The third kappa shape index (κ3) is 4.48. The van der Waals surface area contributed by atoms with E-state index < -0.39 is 6.10 Å². The van der Waals surface area contributed by atoms with Gasteiger partial charge in [0.2, 0.25) is 0 Å². The van der Waals surface area contributed by atoms with E-state index in [2.05, 4.69) is 32.9 Å². The zero-order chi connectivity index (χ0) is 17.7. The summed E-state index contributed by atoms with van der Waals surface area (Å²) < 4.78 is 10.6. The first kappa shape index (κ1) is 17.8. The summed E-state index contributed by atoms with van der Waals surface area (Å²) in [4.78, 5) is 11.5. The number of methoxy groups -OCH3 is 1. The fourth-order valence-electron chi connectivity index (χ4n) is 2.83. The van der Waals surface area contributed by atoms with Gasteiger partial charge in [0.05, 0.1) is 7.11 Å². The maximum Gasteiger partial charge on any atom is 0.303 e. The molecule has 3 heteroatoms. The first-order chi connectivity index (χ1) is 11.4. The van der Waals surface area contributed by atoms with E-state index >= 15 is 0 Å². The Hall–Kier alpha value is -2.55. The van der Waals surface area contributed by atoms with Gasteiger partial charge < -0.3 is 9.47 Å². The molecule has 0 spiro atoms. The number of benzene rings is 2. The molecule has 0 aliphatic heterocycles. The Morgan fingerprint density at radius 3 is 2.12 bits per heavy atom. The molecule has 3 nitrogen and oxygen atoms in total. The standard InChI is InChI=1S/C21H24O3/c1-14-12-15(2)20(16(3)13-14)10-11-21(24-17(4)22)18-6-8-19(23-5)9-7-18/h6-13,21H,1-5H3/b11-10+. The maximum absolute atomic E-state index is 11.5. The van der Waals surface area contributed by atoms with Gasteiger partial charge in [-0.15, -0.1) is 0 Å². The average molecular weight is 324 g/mol. The highest BCUT2D eigenvalue weighted by molar-refractivity contribution is 5.67. The Bertz CT molecular complexity index is 719. The quantitative estimate of drug-likeness (QED) is 0.731. The van der Waals surface area contributed by atoms with Crippen molar-refractivity contribution >= 4 is 12.0 Å². The number of carbonyl (C=O) groups is 1. The van der Waals surface area contributed by atoms with Crippen molar-refractivity contribution in [2.75, 3.05) is 7.11 Å². The lowest BCUT2D eigenvalue weighted by molar-refractivity contribution is -0.144. The van der Waals surface area contributed by atoms with Crippen molar-refractivity contribution in [2.45, 2.75) is 33.8 Å². The Balaban J connectivity index is 2.33. The van der Waals surface area contributed by atoms with E-state index in [1.807, 2.05) is 36.4 Å². The molecule has 0 aromatic heterocycles. The third-order valence-corrected chi connectivity index (χ3v) is 3.91. The topological polar surface area (TPSA) is 35.5 Å². The molecular weight excluding hydrogens is 300 g/mol. The highest BCUT2D eigenvalue weighted by Crippen LogP contribution is 2.25. The van der Waals surface area contributed by atoms with Gasteiger partial charge in [0.25, 0.3) is 0 Å². The van der Waals surface area contributed by atoms with Gasteiger partial charge in [-0.2, -0.15) is 0 Å². The number of ether oxygens (including phenoxy) is 2. The fraction of sp³-hybridized carbons (Fsp3) is 0.286. The van der Waals surface area contributed by atoms with E-state index in [0.29, 0.717) is 0 Å². The van der Waals surface area contributed by atoms with Gasteiger partial charge in [-0.3, -0.25) is 4.79 Å². The van der Waals surface area contributed by atoms with Crippen molar-refractivity contribution in [3.63, 3.8) is 0 Å². The van der Waals surface area contributed by atoms with Crippen LogP contribution in [0.4, 0.5) is 0 Å². The van der Waals surface area contributed by atoms with Crippen molar-refractivity contribution in [1.82, 2.24) is 0 Å². The minimum atomic E-state index is -0.423. The number of hydrogen-bond donors (Lipinski definition) is 0. The van der Waals surface area contributed by atoms with Crippen LogP contribution in [0.15, 0.2) is 42.5 Å². The van der Waals surface area contributed by atoms with E-state index in [4.69, 9.17) is 9.47 Å². The lowest BCUT2D eigenvalue weighted by Gasteiger charge is -2.15. The molecule has 1 atom stereocenters. The van der Waals surface area contributed by atoms with Crippen LogP contribution in [0.3, 0.4) is 0 Å². The van der Waals surface area contributed by atoms with E-state index in [1.165, 1.54) is 23.6 Å². The van der Waals surface area contributed by atoms with Gasteiger partial charge in [0, 0.05) is 6.92 Å². The van der Waals surface area contributed by atoms with Crippen LogP contribution in [0.1, 0.15) is 40.8 Å². The molecule has 0 amide bonds. The molecule has 0 heterocycles. The second-order valence-electron chi connectivity index (χ2n) is 5.97. The number of rotatable bonds is 5. The zero-order valence-corrected chi connectivity index (χ0v) is 14.9. The van der Waals surface area contributed by atoms with Crippen LogP contribution in [0.5, 0.6) is 5.75 Å². The van der Waals surface area contributed by atoms with Crippen LogP contribution in [0.2, 0.25) is 0 Å². The second-order valence-corrected chi connectivity index (χ2v) is 5.97. The number of aryl methyl sites for hydroxylation is 3. The minimum absolute atomic E-state index is 0.308. The van der Waals surface area contributed by atoms with Gasteiger partial charge in [-0.05, 0) is 61.2 Å². The SMILES string of the molecule is COc1ccc(C(/C=C/c2c(C)cc(C)cc2C)OC(C)=O)cc1. The number of hydrogen-bond acceptors (Lipinski definition) is 3. The third-order valence-electron chi connectivity index (χ3n) is 3.91. The maximum atomic E-state index is 11.5. The molecule has 126 valence electrons. The van der Waals surface area contributed by atoms with Gasteiger partial charge >= 0.3 is 5.97 Å². The van der Waals surface area contributed by atoms with Crippen molar-refractivity contribution in [1.29, 1.82) is 0 Å². The Kier molecular flexibility index (Phi) is 5.80. The number of carbonyl (C=O) groups excluding carboxylic acids is 1. The zero-order valence-electron chi connectivity index (χ0n) is 14.9. The summed E-state index contributed by atoms with van der Waals surface area (Å²) in [6.45, 7) is 7.70. The monoisotopic (exact) mass is 324 g/mol. The van der Waals surface area contributed by atoms with Gasteiger partial charge in [-0.1, -0.05) is 35.9 Å². The van der Waals surface area contributed by atoms with E-state index in [-0.39, 0.29) is 5.97 Å². The predicted molar refractivity (Wildman–Crippen MR) is 97.2 cm³/mol. The number of esters is 1. The van der Waals surface area contributed by atoms with Crippen LogP contribution in [-0.4, -0.2) is 13.1 Å². The van der Waals surface area contributed by atoms with E-state index in [9.17, 15) is 4.79 Å². The molecule has 0 saturated heterocycles. The summed E-state index contributed by atoms with van der Waals surface area (Å²) in [7, 11) is 1.63. The van der Waals surface area contributed by atoms with Gasteiger partial charge in [0.1, 0.15) is 11.9 Å². The molecule has 0 saturated carbocycles. The van der Waals surface area contributed by atoms with Crippen LogP contribution < -0.4 is 4.74 Å². The lowest BCUT2D eigenvalue weighted by atomic mass is 9.98. The first-order valence-electron chi connectivity index (χ1n) is 7.98. The highest BCUT2D eigenvalue weighted by Gasteiger charge is 2.12. The summed E-state index contributed by atoms with van der Waals surface area (Å²) in [6, 6.07) is 11.9. The molecule has 0 radical (unpaired) electrons. The molecule has 0 aliphatic carbocycles. The van der Waals surface area contributed by atoms with Crippen molar-refractivity contribution < 1.29 is 14.3 Å². The normalized spacial score (nSPS) is 12.2. The van der Waals surface area contributed by atoms with Crippen molar-refractivity contribution in [2.24, 2.45) is 0 Å². The molecular formula is C21H24O3. The molecule has 0 fully saturated rings. The van der Waals surface area contributed by atoms with Crippen LogP contribution in [-0.2, 0) is 9.53 Å². The van der Waals surface area contributed by atoms with E-state index in [1.54, 1.807) is 7.11 Å². The molecule has 1 unspecified atom stereocenters. The molecule has 2 aromatic rings. The summed E-state index contributed by atoms with van der Waals surface area (Å²) in [5.41, 5.74) is 5.73. The Morgan fingerprint density at radius 1 is 1.04 bits per heavy atom. The first-order valence-corrected chi connectivity index (χ1v) is 7.98. The second kappa shape index (κ2) is 7.82. The van der Waals surface area contributed by atoms with Gasteiger partial charge in [-0.25, -0.2) is 0 Å². The minimum Gasteiger partial charge on any atom is -0.497 e. The smallest absolute Gasteiger partial charge is 0.303 e. The van der Waals surface area contributed by atoms with E-state index in [0.717, 1.165) is 16.9 Å². The molecule has 24 heavy (non-hydrogen) atoms. The Labute approximate surface area is 143 Å². The molecule has 2 aromatic carbocycles. The average Bonchev–Trinajstić information content (AvgIpc) is 2.52. The molecule has 2 rings (SSSR count). The molecule has 0 N–H and O–H groups in total. The predicted octanol–water partition coefficient (Wildman–Crippen LogP) is 4.94. The van der Waals surface area contributed by atoms with Crippen LogP contribution in [0, 0.1) is 20.8 Å². The van der Waals surface area contributed by atoms with Crippen molar-refractivity contribution in [3.8, 4) is 5.75 Å². The van der Waals surface area contributed by atoms with Crippen LogP contribution >= 0.6 is 0 Å². The molecule has 0 aliphatic rings. The summed E-state index contributed by atoms with van der Waals surface area (Å²) in [5, 5.41) is 0. The highest BCUT2D eigenvalue weighted by atomic mass is 16.5. The summed E-state index contributed by atoms with van der Waals surface area (Å²) in [6.07, 6.45) is 3.53. The summed E-state index contributed by atoms with van der Waals surface area (Å²) in [5.74, 6) is 0.465. The summed E-state index contributed by atoms with van der Waals surface area (Å²) >= 11 is 0. The Morgan fingerprint density at radius 2 is 1.62 bits per heavy atom. The van der Waals surface area contributed by atoms with Gasteiger partial charge in [0.15, 0.2) is 0 Å². The molecule has 0 bridgehead atoms. The van der Waals surface area contributed by atoms with Crippen LogP contribution in [0.25, 0.3) is 6.08 Å². The largest absolute Gasteiger partial charge is 0.497 e. The lowest BCUT2D eigenvalue weighted by Crippen LogP contribution is -2.06.